The maximum atomic E-state index is 12.4. The van der Waals surface area contributed by atoms with Crippen molar-refractivity contribution in [3.05, 3.63) is 144 Å². The van der Waals surface area contributed by atoms with E-state index in [9.17, 15) is 9.59 Å². The summed E-state index contributed by atoms with van der Waals surface area (Å²) in [6.45, 7) is 3.82. The van der Waals surface area contributed by atoms with Crippen molar-refractivity contribution >= 4 is 58.7 Å². The van der Waals surface area contributed by atoms with E-state index in [-0.39, 0.29) is 11.9 Å². The first kappa shape index (κ1) is 31.1. The number of hydrogen-bond acceptors (Lipinski definition) is 6. The van der Waals surface area contributed by atoms with Crippen molar-refractivity contribution in [2.24, 2.45) is 0 Å². The molecule has 0 fully saturated rings. The third-order valence-corrected chi connectivity index (χ3v) is 10.3. The zero-order valence-electron chi connectivity index (χ0n) is 26.1. The summed E-state index contributed by atoms with van der Waals surface area (Å²) < 4.78 is 11.3. The van der Waals surface area contributed by atoms with Gasteiger partial charge in [0.25, 0.3) is 0 Å². The lowest BCUT2D eigenvalue weighted by Crippen LogP contribution is -2.28. The van der Waals surface area contributed by atoms with Crippen LogP contribution in [0.5, 0.6) is 11.5 Å². The summed E-state index contributed by atoms with van der Waals surface area (Å²) >= 11 is 8.67. The average Bonchev–Trinajstić information content (AvgIpc) is 3.41. The molecule has 6 aromatic rings. The summed E-state index contributed by atoms with van der Waals surface area (Å²) in [5, 5.41) is 3.13. The number of carbonyl (C=O) groups is 2. The predicted molar refractivity (Wildman–Crippen MR) is 196 cm³/mol. The summed E-state index contributed by atoms with van der Waals surface area (Å²) in [5.41, 5.74) is 6.54. The van der Waals surface area contributed by atoms with Gasteiger partial charge >= 0.3 is 11.9 Å². The highest BCUT2D eigenvalue weighted by Gasteiger charge is 2.46. The number of rotatable bonds is 8. The Morgan fingerprint density at radius 3 is 1.36 bits per heavy atom. The maximum absolute atomic E-state index is 12.4. The van der Waals surface area contributed by atoms with Gasteiger partial charge in [-0.05, 0) is 104 Å². The number of thiol groups is 2. The zero-order chi connectivity index (χ0) is 32.7. The van der Waals surface area contributed by atoms with Crippen molar-refractivity contribution in [3.8, 4) is 22.6 Å². The fourth-order valence-corrected chi connectivity index (χ4v) is 6.87. The number of fused-ring (bicyclic) bond motifs is 5. The minimum atomic E-state index is -0.591. The van der Waals surface area contributed by atoms with Crippen LogP contribution >= 0.6 is 25.3 Å². The SMILES string of the molecule is CCC(S)C(=O)Oc1ccc2cc(C3(c4ccc5cc(OC(=O)C(S)CC)ccc5c4)c4ccccc4-c4ccccc43)ccc2c1. The highest BCUT2D eigenvalue weighted by molar-refractivity contribution is 7.82. The molecule has 0 aliphatic heterocycles. The van der Waals surface area contributed by atoms with Crippen molar-refractivity contribution in [1.29, 1.82) is 0 Å². The number of ether oxygens (including phenoxy) is 2. The normalized spacial score (nSPS) is 14.3. The van der Waals surface area contributed by atoms with Crippen molar-refractivity contribution < 1.29 is 19.1 Å². The van der Waals surface area contributed by atoms with Crippen LogP contribution in [-0.4, -0.2) is 22.4 Å². The lowest BCUT2D eigenvalue weighted by atomic mass is 9.67. The first-order chi connectivity index (χ1) is 22.8. The smallest absolute Gasteiger partial charge is 0.324 e. The van der Waals surface area contributed by atoms with Gasteiger partial charge in [0, 0.05) is 0 Å². The van der Waals surface area contributed by atoms with Gasteiger partial charge in [0.1, 0.15) is 11.5 Å². The molecule has 0 spiro atoms. The second-order valence-corrected chi connectivity index (χ2v) is 13.2. The Balaban J connectivity index is 1.38. The molecule has 0 amide bonds. The molecular weight excluding hydrogens is 621 g/mol. The zero-order valence-corrected chi connectivity index (χ0v) is 27.9. The largest absolute Gasteiger partial charge is 0.426 e. The van der Waals surface area contributed by atoms with Gasteiger partial charge in [0.15, 0.2) is 0 Å². The third-order valence-electron chi connectivity index (χ3n) is 9.20. The minimum absolute atomic E-state index is 0.349. The second-order valence-electron chi connectivity index (χ2n) is 12.0. The topological polar surface area (TPSA) is 52.6 Å². The van der Waals surface area contributed by atoms with Crippen LogP contribution in [0.1, 0.15) is 48.9 Å². The molecule has 1 aliphatic rings. The minimum Gasteiger partial charge on any atom is -0.426 e. The Bertz CT molecular complexity index is 2020. The van der Waals surface area contributed by atoms with Crippen LogP contribution in [0.25, 0.3) is 32.7 Å². The molecule has 7 rings (SSSR count). The molecule has 1 aliphatic carbocycles. The molecule has 0 heterocycles. The predicted octanol–water partition coefficient (Wildman–Crippen LogP) is 9.58. The van der Waals surface area contributed by atoms with E-state index in [1.807, 2.05) is 50.2 Å². The van der Waals surface area contributed by atoms with E-state index < -0.39 is 15.9 Å². The van der Waals surface area contributed by atoms with E-state index in [0.29, 0.717) is 24.3 Å². The lowest BCUT2D eigenvalue weighted by molar-refractivity contribution is -0.134. The van der Waals surface area contributed by atoms with Gasteiger partial charge in [-0.3, -0.25) is 9.59 Å². The van der Waals surface area contributed by atoms with E-state index in [1.54, 1.807) is 0 Å². The van der Waals surface area contributed by atoms with Crippen LogP contribution in [0.2, 0.25) is 0 Å². The van der Waals surface area contributed by atoms with Crippen LogP contribution in [0, 0.1) is 0 Å². The third kappa shape index (κ3) is 5.39. The quantitative estimate of drug-likeness (QED) is 0.0974. The molecule has 6 aromatic carbocycles. The van der Waals surface area contributed by atoms with Gasteiger partial charge < -0.3 is 9.47 Å². The molecule has 2 unspecified atom stereocenters. The fourth-order valence-electron chi connectivity index (χ4n) is 6.77. The van der Waals surface area contributed by atoms with Gasteiger partial charge in [-0.25, -0.2) is 0 Å². The molecule has 4 nitrogen and oxygen atoms in total. The van der Waals surface area contributed by atoms with Crippen LogP contribution in [0.15, 0.2) is 121 Å². The molecule has 0 N–H and O–H groups in total. The van der Waals surface area contributed by atoms with E-state index in [1.165, 1.54) is 22.3 Å². The average molecular weight is 655 g/mol. The Kier molecular flexibility index (Phi) is 8.33. The second kappa shape index (κ2) is 12.6. The summed E-state index contributed by atoms with van der Waals surface area (Å²) in [5.74, 6) is 0.318. The first-order valence-corrected chi connectivity index (χ1v) is 16.9. The van der Waals surface area contributed by atoms with Crippen molar-refractivity contribution in [1.82, 2.24) is 0 Å². The molecule has 6 heteroatoms. The molecule has 0 aromatic heterocycles. The van der Waals surface area contributed by atoms with Crippen LogP contribution in [0.3, 0.4) is 0 Å². The number of benzene rings is 6. The van der Waals surface area contributed by atoms with E-state index in [2.05, 4.69) is 110 Å². The first-order valence-electron chi connectivity index (χ1n) is 15.9. The van der Waals surface area contributed by atoms with Crippen LogP contribution in [0.4, 0.5) is 0 Å². The van der Waals surface area contributed by atoms with Gasteiger partial charge in [-0.2, -0.15) is 25.3 Å². The van der Waals surface area contributed by atoms with Gasteiger partial charge in [-0.15, -0.1) is 0 Å². The molecular formula is C41H34O4S2. The Hall–Kier alpha value is -4.52. The maximum Gasteiger partial charge on any atom is 0.324 e. The van der Waals surface area contributed by atoms with Crippen LogP contribution < -0.4 is 9.47 Å². The number of carbonyl (C=O) groups excluding carboxylic acids is 2. The number of esters is 2. The fraction of sp³-hybridized carbons (Fsp3) is 0.171. The molecule has 2 atom stereocenters. The summed E-state index contributed by atoms with van der Waals surface area (Å²) in [7, 11) is 0. The van der Waals surface area contributed by atoms with Crippen molar-refractivity contribution in [3.63, 3.8) is 0 Å². The Morgan fingerprint density at radius 2 is 0.936 bits per heavy atom. The molecule has 0 bridgehead atoms. The van der Waals surface area contributed by atoms with E-state index in [4.69, 9.17) is 9.47 Å². The van der Waals surface area contributed by atoms with E-state index >= 15 is 0 Å². The monoisotopic (exact) mass is 654 g/mol. The summed E-state index contributed by atoms with van der Waals surface area (Å²) in [6, 6.07) is 41.9. The Morgan fingerprint density at radius 1 is 0.553 bits per heavy atom. The molecule has 0 radical (unpaired) electrons. The standard InChI is InChI=1S/C41H34O4S2/c1-3-37(46)39(42)44-31-19-15-25-21-29(17-13-27(25)23-31)41(35-11-7-5-9-33(35)34-10-6-8-12-36(34)41)30-18-14-28-24-32(20-16-26(28)22-30)45-40(43)38(47)4-2/h5-24,37-38,46-47H,3-4H2,1-2H3. The van der Waals surface area contributed by atoms with Gasteiger partial charge in [-0.1, -0.05) is 98.8 Å². The van der Waals surface area contributed by atoms with Gasteiger partial charge in [0.05, 0.1) is 15.9 Å². The van der Waals surface area contributed by atoms with Crippen molar-refractivity contribution in [2.75, 3.05) is 0 Å². The van der Waals surface area contributed by atoms with Crippen molar-refractivity contribution in [2.45, 2.75) is 42.6 Å². The molecule has 234 valence electrons. The van der Waals surface area contributed by atoms with Crippen LogP contribution in [-0.2, 0) is 15.0 Å². The highest BCUT2D eigenvalue weighted by atomic mass is 32.1. The summed E-state index contributed by atoms with van der Waals surface area (Å²) in [6.07, 6.45) is 1.20. The molecule has 47 heavy (non-hydrogen) atoms. The van der Waals surface area contributed by atoms with Gasteiger partial charge in [0.2, 0.25) is 0 Å². The lowest BCUT2D eigenvalue weighted by Gasteiger charge is -2.34. The molecule has 0 saturated heterocycles. The summed E-state index contributed by atoms with van der Waals surface area (Å²) in [4.78, 5) is 24.8. The highest BCUT2D eigenvalue weighted by Crippen LogP contribution is 2.56. The Labute approximate surface area is 285 Å². The number of hydrogen-bond donors (Lipinski definition) is 2. The molecule has 0 saturated carbocycles. The van der Waals surface area contributed by atoms with E-state index in [0.717, 1.165) is 32.7 Å².